The second-order valence-corrected chi connectivity index (χ2v) is 9.84. The Labute approximate surface area is 192 Å². The topological polar surface area (TPSA) is 82.8 Å². The molecule has 0 unspecified atom stereocenters. The van der Waals surface area contributed by atoms with Gasteiger partial charge in [-0.1, -0.05) is 37.6 Å². The molecule has 0 radical (unpaired) electrons. The van der Waals surface area contributed by atoms with Gasteiger partial charge in [0.1, 0.15) is 5.75 Å². The standard InChI is InChI=1S/C25H29ClN2O4/c1-15(2)13-27-21(14-28(24(31)32)25(3,4)5)22(16-6-8-17(26)9-7-16)20-12-18(29)10-11-19(20)23(27)30/h6-12,15,29H,13-14H2,1-5H3,(H,31,32). The number of phenolic OH excluding ortho intramolecular Hbond substituents is 1. The summed E-state index contributed by atoms with van der Waals surface area (Å²) in [5.41, 5.74) is 1.19. The number of fused-ring (bicyclic) bond motifs is 1. The van der Waals surface area contributed by atoms with Crippen molar-refractivity contribution in [1.29, 1.82) is 0 Å². The van der Waals surface area contributed by atoms with Gasteiger partial charge in [-0.05, 0) is 62.6 Å². The van der Waals surface area contributed by atoms with Gasteiger partial charge in [-0.25, -0.2) is 4.79 Å². The van der Waals surface area contributed by atoms with Crippen molar-refractivity contribution in [2.24, 2.45) is 5.92 Å². The minimum absolute atomic E-state index is 0.0182. The molecular formula is C25H29ClN2O4. The van der Waals surface area contributed by atoms with Crippen molar-refractivity contribution in [1.82, 2.24) is 9.47 Å². The smallest absolute Gasteiger partial charge is 0.408 e. The highest BCUT2D eigenvalue weighted by Gasteiger charge is 2.29. The van der Waals surface area contributed by atoms with Crippen LogP contribution >= 0.6 is 11.6 Å². The zero-order valence-electron chi connectivity index (χ0n) is 19.0. The van der Waals surface area contributed by atoms with E-state index in [2.05, 4.69) is 0 Å². The van der Waals surface area contributed by atoms with E-state index in [9.17, 15) is 19.8 Å². The van der Waals surface area contributed by atoms with Gasteiger partial charge in [-0.15, -0.1) is 0 Å². The molecule has 0 saturated heterocycles. The van der Waals surface area contributed by atoms with E-state index < -0.39 is 11.6 Å². The minimum atomic E-state index is -1.07. The SMILES string of the molecule is CC(C)Cn1c(CN(C(=O)O)C(C)(C)C)c(-c2ccc(Cl)cc2)c2cc(O)ccc2c1=O. The Bertz CT molecular complexity index is 1210. The largest absolute Gasteiger partial charge is 0.508 e. The van der Waals surface area contributed by atoms with E-state index in [1.807, 2.05) is 46.8 Å². The van der Waals surface area contributed by atoms with Gasteiger partial charge < -0.3 is 14.8 Å². The number of halogens is 1. The van der Waals surface area contributed by atoms with Crippen molar-refractivity contribution in [2.75, 3.05) is 0 Å². The molecule has 0 spiro atoms. The molecule has 0 aliphatic heterocycles. The van der Waals surface area contributed by atoms with Gasteiger partial charge in [0.05, 0.1) is 6.54 Å². The molecule has 2 aromatic carbocycles. The molecule has 1 heterocycles. The van der Waals surface area contributed by atoms with Crippen LogP contribution in [0.5, 0.6) is 5.75 Å². The van der Waals surface area contributed by atoms with Crippen molar-refractivity contribution in [2.45, 2.75) is 53.2 Å². The highest BCUT2D eigenvalue weighted by Crippen LogP contribution is 2.35. The maximum atomic E-state index is 13.5. The fraction of sp³-hybridized carbons (Fsp3) is 0.360. The number of benzene rings is 2. The summed E-state index contributed by atoms with van der Waals surface area (Å²) < 4.78 is 1.68. The third-order valence-corrected chi connectivity index (χ3v) is 5.64. The Morgan fingerprint density at radius 1 is 1.09 bits per heavy atom. The molecule has 0 fully saturated rings. The number of hydrogen-bond acceptors (Lipinski definition) is 3. The number of pyridine rings is 1. The number of nitrogens with zero attached hydrogens (tertiary/aromatic N) is 2. The summed E-state index contributed by atoms with van der Waals surface area (Å²) in [4.78, 5) is 27.0. The zero-order chi connectivity index (χ0) is 23.8. The third-order valence-electron chi connectivity index (χ3n) is 5.39. The van der Waals surface area contributed by atoms with E-state index >= 15 is 0 Å². The molecule has 0 bridgehead atoms. The van der Waals surface area contributed by atoms with E-state index in [1.165, 1.54) is 11.0 Å². The maximum absolute atomic E-state index is 13.5. The molecule has 32 heavy (non-hydrogen) atoms. The summed E-state index contributed by atoms with van der Waals surface area (Å²) in [6, 6.07) is 11.9. The summed E-state index contributed by atoms with van der Waals surface area (Å²) in [6.45, 7) is 9.94. The first-order valence-electron chi connectivity index (χ1n) is 10.5. The van der Waals surface area contributed by atoms with Crippen LogP contribution in [-0.4, -0.2) is 31.3 Å². The quantitative estimate of drug-likeness (QED) is 0.496. The second-order valence-electron chi connectivity index (χ2n) is 9.41. The summed E-state index contributed by atoms with van der Waals surface area (Å²) >= 11 is 6.11. The number of carboxylic acid groups (broad SMARTS) is 1. The maximum Gasteiger partial charge on any atom is 0.408 e. The fourth-order valence-corrected chi connectivity index (χ4v) is 4.01. The van der Waals surface area contributed by atoms with Crippen LogP contribution in [0.4, 0.5) is 4.79 Å². The summed E-state index contributed by atoms with van der Waals surface area (Å²) in [7, 11) is 0. The Hall–Kier alpha value is -2.99. The number of hydrogen-bond donors (Lipinski definition) is 2. The number of rotatable bonds is 5. The molecule has 0 aliphatic rings. The number of aromatic hydroxyl groups is 1. The second kappa shape index (κ2) is 8.87. The molecule has 170 valence electrons. The molecule has 0 saturated carbocycles. The highest BCUT2D eigenvalue weighted by molar-refractivity contribution is 6.30. The Morgan fingerprint density at radius 3 is 2.25 bits per heavy atom. The van der Waals surface area contributed by atoms with Crippen molar-refractivity contribution < 1.29 is 15.0 Å². The van der Waals surface area contributed by atoms with Crippen molar-refractivity contribution in [3.05, 3.63) is 63.5 Å². The van der Waals surface area contributed by atoms with Gasteiger partial charge >= 0.3 is 6.09 Å². The number of carbonyl (C=O) groups is 1. The van der Waals surface area contributed by atoms with Crippen LogP contribution in [0.1, 0.15) is 40.3 Å². The van der Waals surface area contributed by atoms with Crippen LogP contribution in [0, 0.1) is 5.92 Å². The molecule has 1 aromatic heterocycles. The molecule has 3 aromatic rings. The van der Waals surface area contributed by atoms with Gasteiger partial charge in [-0.3, -0.25) is 9.69 Å². The van der Waals surface area contributed by atoms with Crippen molar-refractivity contribution in [3.8, 4) is 16.9 Å². The van der Waals surface area contributed by atoms with Gasteiger partial charge in [0.25, 0.3) is 5.56 Å². The first-order valence-corrected chi connectivity index (χ1v) is 10.9. The van der Waals surface area contributed by atoms with Crippen molar-refractivity contribution >= 4 is 28.5 Å². The van der Waals surface area contributed by atoms with E-state index in [1.54, 1.807) is 28.8 Å². The first kappa shape index (κ1) is 23.7. The molecule has 3 rings (SSSR count). The lowest BCUT2D eigenvalue weighted by atomic mass is 9.95. The van der Waals surface area contributed by atoms with Crippen LogP contribution in [0.3, 0.4) is 0 Å². The Morgan fingerprint density at radius 2 is 1.72 bits per heavy atom. The van der Waals surface area contributed by atoms with E-state index in [-0.39, 0.29) is 23.8 Å². The summed E-state index contributed by atoms with van der Waals surface area (Å²) in [5.74, 6) is 0.192. The molecule has 0 atom stereocenters. The molecule has 0 aliphatic carbocycles. The van der Waals surface area contributed by atoms with Gasteiger partial charge in [0.15, 0.2) is 0 Å². The van der Waals surface area contributed by atoms with E-state index in [0.29, 0.717) is 33.6 Å². The van der Waals surface area contributed by atoms with Gasteiger partial charge in [0, 0.05) is 39.1 Å². The number of amides is 1. The van der Waals surface area contributed by atoms with Crippen LogP contribution < -0.4 is 5.56 Å². The monoisotopic (exact) mass is 456 g/mol. The predicted molar refractivity (Wildman–Crippen MR) is 128 cm³/mol. The third kappa shape index (κ3) is 4.75. The average molecular weight is 457 g/mol. The predicted octanol–water partition coefficient (Wildman–Crippen LogP) is 5.96. The van der Waals surface area contributed by atoms with Crippen LogP contribution in [0.25, 0.3) is 21.9 Å². The summed E-state index contributed by atoms with van der Waals surface area (Å²) in [5, 5.41) is 21.8. The molecule has 2 N–H and O–H groups in total. The minimum Gasteiger partial charge on any atom is -0.508 e. The van der Waals surface area contributed by atoms with Crippen molar-refractivity contribution in [3.63, 3.8) is 0 Å². The highest BCUT2D eigenvalue weighted by atomic mass is 35.5. The van der Waals surface area contributed by atoms with Crippen LogP contribution in [0.2, 0.25) is 5.02 Å². The number of aromatic nitrogens is 1. The molecule has 6 nitrogen and oxygen atoms in total. The normalized spacial score (nSPS) is 11.8. The van der Waals surface area contributed by atoms with Crippen LogP contribution in [0.15, 0.2) is 47.3 Å². The lowest BCUT2D eigenvalue weighted by Crippen LogP contribution is -2.45. The van der Waals surface area contributed by atoms with E-state index in [0.717, 1.165) is 5.56 Å². The Kier molecular flexibility index (Phi) is 6.56. The molecule has 1 amide bonds. The molecular weight excluding hydrogens is 428 g/mol. The average Bonchev–Trinajstić information content (AvgIpc) is 2.68. The van der Waals surface area contributed by atoms with Crippen LogP contribution in [-0.2, 0) is 13.1 Å². The first-order chi connectivity index (χ1) is 14.9. The van der Waals surface area contributed by atoms with Gasteiger partial charge in [0.2, 0.25) is 0 Å². The van der Waals surface area contributed by atoms with E-state index in [4.69, 9.17) is 11.6 Å². The lowest BCUT2D eigenvalue weighted by molar-refractivity contribution is 0.0937. The zero-order valence-corrected chi connectivity index (χ0v) is 19.8. The Balaban J connectivity index is 2.47. The number of phenols is 1. The summed E-state index contributed by atoms with van der Waals surface area (Å²) in [6.07, 6.45) is -1.07. The molecule has 7 heteroatoms. The van der Waals surface area contributed by atoms with Gasteiger partial charge in [-0.2, -0.15) is 0 Å². The fourth-order valence-electron chi connectivity index (χ4n) is 3.89. The lowest BCUT2D eigenvalue weighted by Gasteiger charge is -2.35.